The Morgan fingerprint density at radius 3 is 2.23 bits per heavy atom. The fourth-order valence-corrected chi connectivity index (χ4v) is 3.35. The highest BCUT2D eigenvalue weighted by atomic mass is 32.2. The zero-order valence-electron chi connectivity index (χ0n) is 14.4. The summed E-state index contributed by atoms with van der Waals surface area (Å²) >= 11 is 0. The van der Waals surface area contributed by atoms with Crippen LogP contribution in [0.5, 0.6) is 0 Å². The topological polar surface area (TPSA) is 55.4 Å². The third kappa shape index (κ3) is 5.30. The monoisotopic (exact) mass is 387 g/mol. The summed E-state index contributed by atoms with van der Waals surface area (Å²) in [5.74, 6) is 0. The van der Waals surface area contributed by atoms with Gasteiger partial charge in [-0.05, 0) is 42.7 Å². The van der Waals surface area contributed by atoms with Crippen molar-refractivity contribution in [3.8, 4) is 0 Å². The Bertz CT molecular complexity index is 847. The minimum atomic E-state index is -4.61. The largest absolute Gasteiger partial charge is 0.416 e. The molecule has 26 heavy (non-hydrogen) atoms. The molecule has 2 rings (SSSR count). The van der Waals surface area contributed by atoms with E-state index in [1.165, 1.54) is 6.92 Å². The first kappa shape index (κ1) is 20.4. The molecule has 0 spiro atoms. The number of benzene rings is 2. The van der Waals surface area contributed by atoms with E-state index >= 15 is 0 Å². The van der Waals surface area contributed by atoms with Crippen molar-refractivity contribution in [3.05, 3.63) is 64.7 Å². The summed E-state index contributed by atoms with van der Waals surface area (Å²) < 4.78 is 71.1. The molecular weight excluding hydrogens is 367 g/mol. The maximum absolute atomic E-state index is 13.0. The summed E-state index contributed by atoms with van der Waals surface area (Å²) in [6.45, 7) is 4.21. The third-order valence-corrected chi connectivity index (χ3v) is 5.19. The number of sulfonamides is 1. The summed E-state index contributed by atoms with van der Waals surface area (Å²) in [4.78, 5) is -0.414. The third-order valence-electron chi connectivity index (χ3n) is 3.79. The van der Waals surface area contributed by atoms with Crippen LogP contribution in [-0.4, -0.2) is 15.0 Å². The van der Waals surface area contributed by atoms with Gasteiger partial charge >= 0.3 is 6.18 Å². The van der Waals surface area contributed by atoms with Crippen LogP contribution in [0.1, 0.15) is 29.2 Å². The van der Waals surface area contributed by atoms with E-state index in [4.69, 9.17) is 4.74 Å². The van der Waals surface area contributed by atoms with Gasteiger partial charge in [-0.25, -0.2) is 13.1 Å². The van der Waals surface area contributed by atoms with Crippen LogP contribution in [0.2, 0.25) is 0 Å². The lowest BCUT2D eigenvalue weighted by molar-refractivity contribution is -0.138. The number of hydrogen-bond donors (Lipinski definition) is 1. The Hall–Kier alpha value is -1.90. The summed E-state index contributed by atoms with van der Waals surface area (Å²) in [5, 5.41) is 0. The minimum absolute atomic E-state index is 0.0214. The van der Waals surface area contributed by atoms with Gasteiger partial charge in [-0.15, -0.1) is 0 Å². The van der Waals surface area contributed by atoms with Gasteiger partial charge in [-0.2, -0.15) is 13.2 Å². The van der Waals surface area contributed by atoms with Gasteiger partial charge in [-0.3, -0.25) is 0 Å². The molecule has 0 heterocycles. The molecule has 2 aromatic carbocycles. The fraction of sp³-hybridized carbons (Fsp3) is 0.333. The van der Waals surface area contributed by atoms with Crippen LogP contribution in [0.4, 0.5) is 13.2 Å². The molecule has 0 saturated heterocycles. The molecule has 0 saturated carbocycles. The molecule has 0 aliphatic heterocycles. The van der Waals surface area contributed by atoms with Crippen LogP contribution in [0.3, 0.4) is 0 Å². The average Bonchev–Trinajstić information content (AvgIpc) is 2.58. The number of hydrogen-bond acceptors (Lipinski definition) is 3. The smallest absolute Gasteiger partial charge is 0.377 e. The number of halogens is 3. The second kappa shape index (κ2) is 8.20. The first-order chi connectivity index (χ1) is 12.1. The fourth-order valence-electron chi connectivity index (χ4n) is 2.31. The molecule has 0 unspecified atom stereocenters. The summed E-state index contributed by atoms with van der Waals surface area (Å²) in [5.41, 5.74) is 0.658. The molecule has 0 aliphatic rings. The van der Waals surface area contributed by atoms with Gasteiger partial charge in [0.25, 0.3) is 0 Å². The van der Waals surface area contributed by atoms with Crippen molar-refractivity contribution in [2.75, 3.05) is 6.61 Å². The molecule has 4 nitrogen and oxygen atoms in total. The zero-order valence-corrected chi connectivity index (χ0v) is 15.2. The molecule has 0 radical (unpaired) electrons. The number of nitrogens with one attached hydrogen (secondary N) is 1. The SMILES string of the molecule is CCOCc1ccc(CNS(=O)(=O)c2ccc(C)c(C(F)(F)F)c2)cc1. The first-order valence-electron chi connectivity index (χ1n) is 7.96. The normalized spacial score (nSPS) is 12.3. The Morgan fingerprint density at radius 2 is 1.65 bits per heavy atom. The van der Waals surface area contributed by atoms with E-state index in [2.05, 4.69) is 4.72 Å². The van der Waals surface area contributed by atoms with Crippen LogP contribution in [-0.2, 0) is 34.1 Å². The number of ether oxygens (including phenoxy) is 1. The maximum Gasteiger partial charge on any atom is 0.416 e. The summed E-state index contributed by atoms with van der Waals surface area (Å²) in [6, 6.07) is 10.1. The van der Waals surface area contributed by atoms with Gasteiger partial charge < -0.3 is 4.74 Å². The van der Waals surface area contributed by atoms with Gasteiger partial charge in [0.1, 0.15) is 0 Å². The Morgan fingerprint density at radius 1 is 1.04 bits per heavy atom. The van der Waals surface area contributed by atoms with Gasteiger partial charge in [0.05, 0.1) is 17.1 Å². The van der Waals surface area contributed by atoms with E-state index in [0.29, 0.717) is 24.8 Å². The van der Waals surface area contributed by atoms with E-state index in [-0.39, 0.29) is 12.1 Å². The van der Waals surface area contributed by atoms with E-state index in [1.807, 2.05) is 19.1 Å². The standard InChI is InChI=1S/C18H20F3NO3S/c1-3-25-12-15-7-5-14(6-8-15)11-22-26(23,24)16-9-4-13(2)17(10-16)18(19,20)21/h4-10,22H,3,11-12H2,1-2H3. The Kier molecular flexibility index (Phi) is 6.44. The quantitative estimate of drug-likeness (QED) is 0.781. The van der Waals surface area contributed by atoms with Crippen LogP contribution in [0.25, 0.3) is 0 Å². The van der Waals surface area contributed by atoms with Crippen LogP contribution < -0.4 is 4.72 Å². The van der Waals surface area contributed by atoms with E-state index in [0.717, 1.165) is 17.7 Å². The van der Waals surface area contributed by atoms with Gasteiger partial charge in [0.15, 0.2) is 0 Å². The molecule has 8 heteroatoms. The van der Waals surface area contributed by atoms with Crippen molar-refractivity contribution in [1.82, 2.24) is 4.72 Å². The average molecular weight is 387 g/mol. The van der Waals surface area contributed by atoms with Gasteiger partial charge in [0, 0.05) is 13.2 Å². The molecule has 0 fully saturated rings. The van der Waals surface area contributed by atoms with Gasteiger partial charge in [-0.1, -0.05) is 30.3 Å². The van der Waals surface area contributed by atoms with E-state index in [1.54, 1.807) is 12.1 Å². The number of alkyl halides is 3. The molecule has 142 valence electrons. The summed E-state index contributed by atoms with van der Waals surface area (Å²) in [6.07, 6.45) is -4.61. The molecule has 1 N–H and O–H groups in total. The Labute approximate surface area is 151 Å². The molecule has 0 aromatic heterocycles. The van der Waals surface area contributed by atoms with Crippen molar-refractivity contribution in [2.45, 2.75) is 38.1 Å². The Balaban J connectivity index is 2.12. The molecule has 0 atom stereocenters. The van der Waals surface area contributed by atoms with E-state index in [9.17, 15) is 21.6 Å². The lowest BCUT2D eigenvalue weighted by atomic mass is 10.1. The lowest BCUT2D eigenvalue weighted by Gasteiger charge is -2.13. The first-order valence-corrected chi connectivity index (χ1v) is 9.45. The molecule has 0 bridgehead atoms. The maximum atomic E-state index is 13.0. The van der Waals surface area contributed by atoms with Crippen molar-refractivity contribution in [3.63, 3.8) is 0 Å². The summed E-state index contributed by atoms with van der Waals surface area (Å²) in [7, 11) is -4.06. The van der Waals surface area contributed by atoms with Crippen molar-refractivity contribution >= 4 is 10.0 Å². The lowest BCUT2D eigenvalue weighted by Crippen LogP contribution is -2.24. The highest BCUT2D eigenvalue weighted by Gasteiger charge is 2.33. The second-order valence-corrected chi connectivity index (χ2v) is 7.52. The van der Waals surface area contributed by atoms with Crippen LogP contribution in [0.15, 0.2) is 47.4 Å². The molecular formula is C18H20F3NO3S. The number of aryl methyl sites for hydroxylation is 1. The highest BCUT2D eigenvalue weighted by Crippen LogP contribution is 2.33. The number of rotatable bonds is 7. The zero-order chi connectivity index (χ0) is 19.4. The van der Waals surface area contributed by atoms with Crippen molar-refractivity contribution in [1.29, 1.82) is 0 Å². The molecule has 0 aliphatic carbocycles. The van der Waals surface area contributed by atoms with Crippen molar-refractivity contribution in [2.24, 2.45) is 0 Å². The predicted octanol–water partition coefficient (Wildman–Crippen LogP) is 4.03. The van der Waals surface area contributed by atoms with E-state index < -0.39 is 26.7 Å². The molecule has 2 aromatic rings. The molecule has 0 amide bonds. The predicted molar refractivity (Wildman–Crippen MR) is 92.0 cm³/mol. The van der Waals surface area contributed by atoms with Crippen LogP contribution in [0, 0.1) is 6.92 Å². The second-order valence-electron chi connectivity index (χ2n) is 5.75. The highest BCUT2D eigenvalue weighted by molar-refractivity contribution is 7.89. The van der Waals surface area contributed by atoms with Crippen LogP contribution >= 0.6 is 0 Å². The van der Waals surface area contributed by atoms with Gasteiger partial charge in [0.2, 0.25) is 10.0 Å². The minimum Gasteiger partial charge on any atom is -0.377 e. The van der Waals surface area contributed by atoms with Crippen molar-refractivity contribution < 1.29 is 26.3 Å².